The van der Waals surface area contributed by atoms with Crippen LogP contribution in [0.25, 0.3) is 0 Å². The lowest BCUT2D eigenvalue weighted by Gasteiger charge is -2.44. The summed E-state index contributed by atoms with van der Waals surface area (Å²) in [6, 6.07) is 11.0. The van der Waals surface area contributed by atoms with E-state index in [4.69, 9.17) is 14.2 Å². The Morgan fingerprint density at radius 2 is 1.69 bits per heavy atom. The molecule has 2 aromatic rings. The van der Waals surface area contributed by atoms with Gasteiger partial charge in [0.25, 0.3) is 0 Å². The first kappa shape index (κ1) is 32.3. The van der Waals surface area contributed by atoms with E-state index in [2.05, 4.69) is 4.90 Å². The minimum Gasteiger partial charge on any atom is -0.466 e. The predicted molar refractivity (Wildman–Crippen MR) is 144 cm³/mol. The number of hydrogen-bond acceptors (Lipinski definition) is 5. The number of piperidine rings is 1. The SMILES string of the molecule is CCOC(=O)[C@]1(C)CCCN(CC2COC[C@@H](OC(C)c3cc(C(F)(F)F)cc(C(F)(F)F)c3)[C@@H]2c2ccccc2)C1. The number of likely N-dealkylation sites (tertiary alicyclic amines) is 1. The molecule has 11 heteroatoms. The highest BCUT2D eigenvalue weighted by atomic mass is 19.4. The van der Waals surface area contributed by atoms with Gasteiger partial charge >= 0.3 is 18.3 Å². The van der Waals surface area contributed by atoms with Crippen LogP contribution < -0.4 is 0 Å². The third kappa shape index (κ3) is 7.65. The quantitative estimate of drug-likeness (QED) is 0.235. The molecule has 0 saturated carbocycles. The van der Waals surface area contributed by atoms with Crippen LogP contribution in [0.5, 0.6) is 0 Å². The van der Waals surface area contributed by atoms with E-state index in [1.54, 1.807) is 6.92 Å². The molecule has 2 aliphatic rings. The minimum atomic E-state index is -4.95. The van der Waals surface area contributed by atoms with Gasteiger partial charge in [-0.2, -0.15) is 26.3 Å². The van der Waals surface area contributed by atoms with Gasteiger partial charge in [0, 0.05) is 24.9 Å². The molecule has 4 rings (SSSR count). The first-order valence-electron chi connectivity index (χ1n) is 14.2. The Hall–Kier alpha value is -2.63. The summed E-state index contributed by atoms with van der Waals surface area (Å²) < 4.78 is 98.5. The topological polar surface area (TPSA) is 48.0 Å². The lowest BCUT2D eigenvalue weighted by molar-refractivity contribution is -0.158. The normalized spacial score (nSPS) is 26.5. The van der Waals surface area contributed by atoms with Crippen molar-refractivity contribution in [2.75, 3.05) is 39.5 Å². The minimum absolute atomic E-state index is 0.102. The average Bonchev–Trinajstić information content (AvgIpc) is 2.92. The Bertz CT molecular complexity index is 1170. The molecule has 42 heavy (non-hydrogen) atoms. The summed E-state index contributed by atoms with van der Waals surface area (Å²) in [5.41, 5.74) is -2.68. The van der Waals surface area contributed by atoms with Crippen LogP contribution in [0.2, 0.25) is 0 Å². The molecule has 2 saturated heterocycles. The van der Waals surface area contributed by atoms with Crippen molar-refractivity contribution in [1.82, 2.24) is 4.90 Å². The van der Waals surface area contributed by atoms with Crippen molar-refractivity contribution in [3.8, 4) is 0 Å². The van der Waals surface area contributed by atoms with Crippen molar-refractivity contribution in [1.29, 1.82) is 0 Å². The molecule has 2 aromatic carbocycles. The molecule has 5 atom stereocenters. The molecule has 232 valence electrons. The van der Waals surface area contributed by atoms with Gasteiger partial charge in [0.1, 0.15) is 0 Å². The fourth-order valence-corrected chi connectivity index (χ4v) is 6.16. The van der Waals surface area contributed by atoms with Gasteiger partial charge in [-0.25, -0.2) is 0 Å². The number of benzene rings is 2. The van der Waals surface area contributed by atoms with E-state index in [0.717, 1.165) is 18.5 Å². The van der Waals surface area contributed by atoms with Gasteiger partial charge in [-0.15, -0.1) is 0 Å². The Morgan fingerprint density at radius 3 is 2.29 bits per heavy atom. The molecule has 0 amide bonds. The van der Waals surface area contributed by atoms with Crippen LogP contribution in [-0.2, 0) is 31.4 Å². The number of alkyl halides is 6. The first-order chi connectivity index (χ1) is 19.7. The van der Waals surface area contributed by atoms with Crippen molar-refractivity contribution in [2.45, 2.75) is 64.1 Å². The second-order valence-corrected chi connectivity index (χ2v) is 11.5. The van der Waals surface area contributed by atoms with Crippen LogP contribution in [0, 0.1) is 11.3 Å². The van der Waals surface area contributed by atoms with Gasteiger partial charge in [0.2, 0.25) is 0 Å². The van der Waals surface area contributed by atoms with Crippen molar-refractivity contribution in [3.05, 3.63) is 70.8 Å². The molecule has 0 aliphatic carbocycles. The van der Waals surface area contributed by atoms with Crippen LogP contribution in [0.1, 0.15) is 67.9 Å². The molecule has 0 radical (unpaired) electrons. The van der Waals surface area contributed by atoms with Crippen molar-refractivity contribution in [2.24, 2.45) is 11.3 Å². The largest absolute Gasteiger partial charge is 0.466 e. The van der Waals surface area contributed by atoms with E-state index in [1.807, 2.05) is 37.3 Å². The number of hydrogen-bond donors (Lipinski definition) is 0. The Balaban J connectivity index is 1.59. The monoisotopic (exact) mass is 601 g/mol. The fourth-order valence-electron chi connectivity index (χ4n) is 6.16. The summed E-state index contributed by atoms with van der Waals surface area (Å²) >= 11 is 0. The van der Waals surface area contributed by atoms with Crippen LogP contribution in [0.4, 0.5) is 26.3 Å². The summed E-state index contributed by atoms with van der Waals surface area (Å²) in [7, 11) is 0. The number of esters is 1. The molecule has 2 fully saturated rings. The maximum absolute atomic E-state index is 13.5. The summed E-state index contributed by atoms with van der Waals surface area (Å²) in [6.07, 6.45) is -10.1. The fraction of sp³-hybridized carbons (Fsp3) is 0.581. The molecule has 2 unspecified atom stereocenters. The molecule has 0 aromatic heterocycles. The van der Waals surface area contributed by atoms with Crippen LogP contribution >= 0.6 is 0 Å². The Kier molecular flexibility index (Phi) is 9.94. The van der Waals surface area contributed by atoms with E-state index < -0.39 is 41.1 Å². The van der Waals surface area contributed by atoms with Crippen molar-refractivity contribution >= 4 is 5.97 Å². The van der Waals surface area contributed by atoms with E-state index in [1.165, 1.54) is 6.92 Å². The third-order valence-corrected chi connectivity index (χ3v) is 8.20. The van der Waals surface area contributed by atoms with Gasteiger partial charge in [0.15, 0.2) is 0 Å². The van der Waals surface area contributed by atoms with Gasteiger partial charge in [-0.1, -0.05) is 30.3 Å². The van der Waals surface area contributed by atoms with Crippen molar-refractivity contribution in [3.63, 3.8) is 0 Å². The number of rotatable bonds is 8. The molecule has 0 spiro atoms. The number of ether oxygens (including phenoxy) is 3. The van der Waals surface area contributed by atoms with Crippen molar-refractivity contribution < 1.29 is 45.3 Å². The van der Waals surface area contributed by atoms with E-state index in [0.29, 0.717) is 44.9 Å². The highest BCUT2D eigenvalue weighted by molar-refractivity contribution is 5.76. The summed E-state index contributed by atoms with van der Waals surface area (Å²) in [6.45, 7) is 7.82. The maximum atomic E-state index is 13.5. The highest BCUT2D eigenvalue weighted by Crippen LogP contribution is 2.41. The molecule has 5 nitrogen and oxygen atoms in total. The molecule has 2 aliphatic heterocycles. The third-order valence-electron chi connectivity index (χ3n) is 8.20. The Morgan fingerprint density at radius 1 is 1.05 bits per heavy atom. The molecular weight excluding hydrogens is 564 g/mol. The Labute approximate surface area is 242 Å². The predicted octanol–water partition coefficient (Wildman–Crippen LogP) is 7.27. The van der Waals surface area contributed by atoms with E-state index in [9.17, 15) is 31.1 Å². The lowest BCUT2D eigenvalue weighted by Crippen LogP contribution is -2.51. The lowest BCUT2D eigenvalue weighted by atomic mass is 9.78. The summed E-state index contributed by atoms with van der Waals surface area (Å²) in [4.78, 5) is 14.9. The molecule has 0 bridgehead atoms. The van der Waals surface area contributed by atoms with Crippen LogP contribution in [0.3, 0.4) is 0 Å². The second-order valence-electron chi connectivity index (χ2n) is 11.5. The zero-order chi connectivity index (χ0) is 30.7. The maximum Gasteiger partial charge on any atom is 0.416 e. The first-order valence-corrected chi connectivity index (χ1v) is 14.2. The number of carbonyl (C=O) groups is 1. The molecular formula is C31H37F6NO4. The van der Waals surface area contributed by atoms with E-state index >= 15 is 0 Å². The second kappa shape index (κ2) is 12.9. The number of carbonyl (C=O) groups excluding carboxylic acids is 1. The number of nitrogens with zero attached hydrogens (tertiary/aromatic N) is 1. The molecule has 0 N–H and O–H groups in total. The zero-order valence-electron chi connectivity index (χ0n) is 23.9. The highest BCUT2D eigenvalue weighted by Gasteiger charge is 2.43. The van der Waals surface area contributed by atoms with Gasteiger partial charge in [0.05, 0.1) is 48.6 Å². The number of halogens is 6. The summed E-state index contributed by atoms with van der Waals surface area (Å²) in [5, 5.41) is 0. The zero-order valence-corrected chi connectivity index (χ0v) is 23.9. The van der Waals surface area contributed by atoms with Crippen LogP contribution in [0.15, 0.2) is 48.5 Å². The summed E-state index contributed by atoms with van der Waals surface area (Å²) in [5.74, 6) is -0.579. The van der Waals surface area contributed by atoms with E-state index in [-0.39, 0.29) is 36.0 Å². The molecule has 2 heterocycles. The van der Waals surface area contributed by atoms with Gasteiger partial charge < -0.3 is 19.1 Å². The van der Waals surface area contributed by atoms with Gasteiger partial charge in [-0.05, 0) is 69.5 Å². The van der Waals surface area contributed by atoms with Crippen LogP contribution in [-0.4, -0.2) is 56.4 Å². The average molecular weight is 602 g/mol. The standard InChI is InChI=1S/C31H37F6NO4/c1-4-41-28(39)29(3)11-8-12-38(19-29)16-23-17-40-18-26(27(23)21-9-6-5-7-10-21)42-20(2)22-13-24(30(32,33)34)15-25(14-22)31(35,36)37/h5-7,9-10,13-15,20,23,26-27H,4,8,11-12,16-19H2,1-3H3/t20?,23?,26-,27-,29-/m1/s1. The van der Waals surface area contributed by atoms with Gasteiger partial charge in [-0.3, -0.25) is 4.79 Å². The smallest absolute Gasteiger partial charge is 0.416 e.